The summed E-state index contributed by atoms with van der Waals surface area (Å²) in [5.41, 5.74) is 1.10. The number of hydrogen-bond donors (Lipinski definition) is 2. The van der Waals surface area contributed by atoms with E-state index >= 15 is 0 Å². The summed E-state index contributed by atoms with van der Waals surface area (Å²) in [6.07, 6.45) is 2.52. The molecule has 100 valence electrons. The fourth-order valence-electron chi connectivity index (χ4n) is 1.58. The van der Waals surface area contributed by atoms with E-state index in [1.807, 2.05) is 13.0 Å². The van der Waals surface area contributed by atoms with Crippen LogP contribution in [0.2, 0.25) is 0 Å². The molecule has 0 radical (unpaired) electrons. The second-order valence-corrected chi connectivity index (χ2v) is 6.04. The molecule has 0 amide bonds. The van der Waals surface area contributed by atoms with Crippen molar-refractivity contribution in [3.05, 3.63) is 35.4 Å². The Bertz CT molecular complexity index is 434. The first-order valence-electron chi connectivity index (χ1n) is 5.86. The molecule has 2 atom stereocenters. The number of carbonyl (C=O) groups is 1. The molecule has 0 aromatic heterocycles. The lowest BCUT2D eigenvalue weighted by Crippen LogP contribution is -2.21. The standard InChI is InChI=1S/C13H19NO3S/c1-10(18(2)17)7-8-14-9-11-5-3-4-6-12(11)13(15)16/h3-6,10,14H,7-9H2,1-2H3,(H,15,16). The largest absolute Gasteiger partial charge is 0.478 e. The van der Waals surface area contributed by atoms with Crippen molar-refractivity contribution < 1.29 is 14.1 Å². The molecule has 4 nitrogen and oxygen atoms in total. The van der Waals surface area contributed by atoms with Crippen LogP contribution in [0, 0.1) is 0 Å². The van der Waals surface area contributed by atoms with Gasteiger partial charge >= 0.3 is 5.97 Å². The molecule has 0 bridgehead atoms. The number of carboxylic acids is 1. The normalized spacial score (nSPS) is 14.1. The third-order valence-electron chi connectivity index (χ3n) is 2.86. The minimum Gasteiger partial charge on any atom is -0.478 e. The molecule has 0 heterocycles. The van der Waals surface area contributed by atoms with Gasteiger partial charge in [-0.2, -0.15) is 0 Å². The van der Waals surface area contributed by atoms with Crippen LogP contribution in [-0.2, 0) is 17.3 Å². The summed E-state index contributed by atoms with van der Waals surface area (Å²) in [5.74, 6) is -0.907. The monoisotopic (exact) mass is 269 g/mol. The molecule has 5 heteroatoms. The molecule has 1 aromatic carbocycles. The van der Waals surface area contributed by atoms with E-state index in [1.165, 1.54) is 0 Å². The SMILES string of the molecule is CC(CCNCc1ccccc1C(=O)O)S(C)=O. The van der Waals surface area contributed by atoms with E-state index in [9.17, 15) is 9.00 Å². The summed E-state index contributed by atoms with van der Waals surface area (Å²) in [5, 5.41) is 12.4. The van der Waals surface area contributed by atoms with Crippen molar-refractivity contribution in [1.29, 1.82) is 0 Å². The third-order valence-corrected chi connectivity index (χ3v) is 4.23. The quantitative estimate of drug-likeness (QED) is 0.738. The Hall–Kier alpha value is -1.20. The molecular weight excluding hydrogens is 250 g/mol. The van der Waals surface area contributed by atoms with E-state index < -0.39 is 16.8 Å². The third kappa shape index (κ3) is 4.58. The van der Waals surface area contributed by atoms with Crippen LogP contribution in [0.5, 0.6) is 0 Å². The van der Waals surface area contributed by atoms with Gasteiger partial charge in [0, 0.05) is 28.9 Å². The van der Waals surface area contributed by atoms with Crippen LogP contribution in [0.4, 0.5) is 0 Å². The zero-order chi connectivity index (χ0) is 13.5. The fraction of sp³-hybridized carbons (Fsp3) is 0.462. The molecule has 0 fully saturated rings. The first-order chi connectivity index (χ1) is 8.52. The van der Waals surface area contributed by atoms with E-state index in [0.717, 1.165) is 18.5 Å². The highest BCUT2D eigenvalue weighted by molar-refractivity contribution is 7.84. The van der Waals surface area contributed by atoms with Gasteiger partial charge in [-0.15, -0.1) is 0 Å². The predicted molar refractivity (Wildman–Crippen MR) is 73.3 cm³/mol. The van der Waals surface area contributed by atoms with E-state index in [2.05, 4.69) is 5.32 Å². The second-order valence-electron chi connectivity index (χ2n) is 4.24. The molecule has 2 N–H and O–H groups in total. The summed E-state index contributed by atoms with van der Waals surface area (Å²) in [7, 11) is -0.804. The van der Waals surface area contributed by atoms with Crippen molar-refractivity contribution >= 4 is 16.8 Å². The minimum absolute atomic E-state index is 0.159. The Morgan fingerprint density at radius 2 is 2.11 bits per heavy atom. The Morgan fingerprint density at radius 1 is 1.44 bits per heavy atom. The fourth-order valence-corrected chi connectivity index (χ4v) is 2.03. The number of benzene rings is 1. The van der Waals surface area contributed by atoms with Crippen LogP contribution in [0.15, 0.2) is 24.3 Å². The molecule has 0 saturated carbocycles. The molecule has 18 heavy (non-hydrogen) atoms. The maximum Gasteiger partial charge on any atom is 0.336 e. The zero-order valence-electron chi connectivity index (χ0n) is 10.7. The number of carboxylic acid groups (broad SMARTS) is 1. The summed E-state index contributed by atoms with van der Waals surface area (Å²) in [6, 6.07) is 6.95. The Labute approximate surface area is 110 Å². The Kier molecular flexibility index (Phi) is 6.01. The summed E-state index contributed by atoms with van der Waals surface area (Å²) in [4.78, 5) is 11.0. The molecule has 0 aliphatic heterocycles. The highest BCUT2D eigenvalue weighted by Gasteiger charge is 2.09. The highest BCUT2D eigenvalue weighted by Crippen LogP contribution is 2.08. The maximum absolute atomic E-state index is 11.2. The zero-order valence-corrected chi connectivity index (χ0v) is 11.5. The summed E-state index contributed by atoms with van der Waals surface area (Å²) < 4.78 is 11.2. The van der Waals surface area contributed by atoms with Gasteiger partial charge in [-0.25, -0.2) is 4.79 Å². The average molecular weight is 269 g/mol. The molecule has 2 unspecified atom stereocenters. The smallest absolute Gasteiger partial charge is 0.336 e. The topological polar surface area (TPSA) is 66.4 Å². The van der Waals surface area contributed by atoms with Gasteiger partial charge in [0.1, 0.15) is 0 Å². The number of nitrogens with one attached hydrogen (secondary N) is 1. The molecule has 1 aromatic rings. The Morgan fingerprint density at radius 3 is 2.72 bits per heavy atom. The van der Waals surface area contributed by atoms with Gasteiger partial charge in [0.2, 0.25) is 0 Å². The van der Waals surface area contributed by atoms with Gasteiger partial charge in [-0.05, 0) is 24.6 Å². The van der Waals surface area contributed by atoms with E-state index in [-0.39, 0.29) is 5.25 Å². The van der Waals surface area contributed by atoms with Gasteiger partial charge in [0.15, 0.2) is 0 Å². The molecule has 1 rings (SSSR count). The maximum atomic E-state index is 11.2. The van der Waals surface area contributed by atoms with E-state index in [1.54, 1.807) is 24.5 Å². The first-order valence-corrected chi connectivity index (χ1v) is 7.48. The van der Waals surface area contributed by atoms with Crippen molar-refractivity contribution in [3.63, 3.8) is 0 Å². The van der Waals surface area contributed by atoms with Crippen molar-refractivity contribution in [1.82, 2.24) is 5.32 Å². The van der Waals surface area contributed by atoms with Crippen molar-refractivity contribution in [2.45, 2.75) is 25.1 Å². The molecule has 0 spiro atoms. The van der Waals surface area contributed by atoms with Crippen LogP contribution in [-0.4, -0.2) is 33.3 Å². The minimum atomic E-state index is -0.907. The lowest BCUT2D eigenvalue weighted by molar-refractivity contribution is 0.0695. The number of hydrogen-bond acceptors (Lipinski definition) is 3. The van der Waals surface area contributed by atoms with Gasteiger partial charge in [0.25, 0.3) is 0 Å². The number of rotatable bonds is 7. The Balaban J connectivity index is 2.45. The number of aromatic carboxylic acids is 1. The van der Waals surface area contributed by atoms with Gasteiger partial charge in [-0.1, -0.05) is 25.1 Å². The first kappa shape index (κ1) is 14.9. The summed E-state index contributed by atoms with van der Waals surface area (Å²) in [6.45, 7) is 3.20. The lowest BCUT2D eigenvalue weighted by Gasteiger charge is -2.10. The van der Waals surface area contributed by atoms with E-state index in [0.29, 0.717) is 12.1 Å². The van der Waals surface area contributed by atoms with Gasteiger partial charge in [0.05, 0.1) is 5.56 Å². The van der Waals surface area contributed by atoms with Crippen LogP contribution in [0.25, 0.3) is 0 Å². The lowest BCUT2D eigenvalue weighted by atomic mass is 10.1. The van der Waals surface area contributed by atoms with E-state index in [4.69, 9.17) is 5.11 Å². The molecule has 0 aliphatic rings. The average Bonchev–Trinajstić information content (AvgIpc) is 2.34. The van der Waals surface area contributed by atoms with Crippen molar-refractivity contribution in [2.24, 2.45) is 0 Å². The van der Waals surface area contributed by atoms with Gasteiger partial charge < -0.3 is 10.4 Å². The highest BCUT2D eigenvalue weighted by atomic mass is 32.2. The molecule has 0 saturated heterocycles. The molecule has 0 aliphatic carbocycles. The predicted octanol–water partition coefficient (Wildman–Crippen LogP) is 1.63. The van der Waals surface area contributed by atoms with Crippen molar-refractivity contribution in [2.75, 3.05) is 12.8 Å². The van der Waals surface area contributed by atoms with Crippen LogP contribution >= 0.6 is 0 Å². The van der Waals surface area contributed by atoms with Crippen LogP contribution < -0.4 is 5.32 Å². The van der Waals surface area contributed by atoms with Gasteiger partial charge in [-0.3, -0.25) is 4.21 Å². The van der Waals surface area contributed by atoms with Crippen molar-refractivity contribution in [3.8, 4) is 0 Å². The molecular formula is C13H19NO3S. The van der Waals surface area contributed by atoms with Crippen LogP contribution in [0.3, 0.4) is 0 Å². The second kappa shape index (κ2) is 7.28. The van der Waals surface area contributed by atoms with Crippen LogP contribution in [0.1, 0.15) is 29.3 Å². The summed E-state index contributed by atoms with van der Waals surface area (Å²) >= 11 is 0.